The molecule has 3 rings (SSSR count). The van der Waals surface area contributed by atoms with E-state index in [-0.39, 0.29) is 5.91 Å². The zero-order chi connectivity index (χ0) is 15.4. The van der Waals surface area contributed by atoms with Crippen molar-refractivity contribution >= 4 is 17.5 Å². The molecule has 0 unspecified atom stereocenters. The summed E-state index contributed by atoms with van der Waals surface area (Å²) in [4.78, 5) is 12.1. The normalized spacial score (nSPS) is 10.6. The Bertz CT molecular complexity index is 748. The minimum atomic E-state index is -0.160. The van der Waals surface area contributed by atoms with E-state index < -0.39 is 0 Å². The number of amides is 1. The first-order valence-corrected chi connectivity index (χ1v) is 7.21. The number of carbonyl (C=O) groups excluding carboxylic acids is 1. The van der Waals surface area contributed by atoms with Crippen molar-refractivity contribution in [1.29, 1.82) is 0 Å². The molecule has 0 radical (unpaired) electrons. The fourth-order valence-corrected chi connectivity index (χ4v) is 2.16. The lowest BCUT2D eigenvalue weighted by molar-refractivity contribution is 0.0953. The second-order valence-corrected chi connectivity index (χ2v) is 5.17. The van der Waals surface area contributed by atoms with Gasteiger partial charge in [-0.1, -0.05) is 11.6 Å². The van der Waals surface area contributed by atoms with Crippen molar-refractivity contribution in [3.05, 3.63) is 71.4 Å². The molecular weight excluding hydrogens is 302 g/mol. The number of hydrogen-bond acceptors (Lipinski definition) is 3. The van der Waals surface area contributed by atoms with Crippen LogP contribution >= 0.6 is 11.6 Å². The second kappa shape index (κ2) is 6.49. The molecular formula is C16H14ClN3O2. The van der Waals surface area contributed by atoms with Gasteiger partial charge in [-0.05, 0) is 36.4 Å². The number of nitrogens with zero attached hydrogens (tertiary/aromatic N) is 2. The quantitative estimate of drug-likeness (QED) is 0.787. The molecule has 112 valence electrons. The highest BCUT2D eigenvalue weighted by molar-refractivity contribution is 6.30. The molecule has 0 fully saturated rings. The maximum absolute atomic E-state index is 12.1. The SMILES string of the molecule is O=C(NCCc1ccco1)c1cnn(-c2ccc(Cl)cc2)c1. The first kappa shape index (κ1) is 14.4. The Hall–Kier alpha value is -2.53. The van der Waals surface area contributed by atoms with Gasteiger partial charge >= 0.3 is 0 Å². The molecule has 0 bridgehead atoms. The molecule has 0 saturated heterocycles. The maximum Gasteiger partial charge on any atom is 0.254 e. The van der Waals surface area contributed by atoms with Crippen LogP contribution in [0.4, 0.5) is 0 Å². The summed E-state index contributed by atoms with van der Waals surface area (Å²) >= 11 is 5.85. The van der Waals surface area contributed by atoms with Gasteiger partial charge < -0.3 is 9.73 Å². The van der Waals surface area contributed by atoms with Crippen molar-refractivity contribution < 1.29 is 9.21 Å². The van der Waals surface area contributed by atoms with Gasteiger partial charge in [0.25, 0.3) is 5.91 Å². The fourth-order valence-electron chi connectivity index (χ4n) is 2.03. The smallest absolute Gasteiger partial charge is 0.254 e. The number of benzene rings is 1. The molecule has 0 aliphatic carbocycles. The van der Waals surface area contributed by atoms with Crippen LogP contribution in [0.5, 0.6) is 0 Å². The summed E-state index contributed by atoms with van der Waals surface area (Å²) in [7, 11) is 0. The second-order valence-electron chi connectivity index (χ2n) is 4.74. The molecule has 1 N–H and O–H groups in total. The van der Waals surface area contributed by atoms with Crippen LogP contribution in [-0.2, 0) is 6.42 Å². The topological polar surface area (TPSA) is 60.1 Å². The lowest BCUT2D eigenvalue weighted by Gasteiger charge is -2.02. The number of hydrogen-bond donors (Lipinski definition) is 1. The molecule has 5 nitrogen and oxygen atoms in total. The van der Waals surface area contributed by atoms with Crippen molar-refractivity contribution in [1.82, 2.24) is 15.1 Å². The van der Waals surface area contributed by atoms with Crippen LogP contribution in [-0.4, -0.2) is 22.2 Å². The Balaban J connectivity index is 1.60. The number of nitrogens with one attached hydrogen (secondary N) is 1. The van der Waals surface area contributed by atoms with E-state index in [9.17, 15) is 4.79 Å². The van der Waals surface area contributed by atoms with Crippen LogP contribution in [0, 0.1) is 0 Å². The summed E-state index contributed by atoms with van der Waals surface area (Å²) in [5.41, 5.74) is 1.36. The summed E-state index contributed by atoms with van der Waals surface area (Å²) in [6.45, 7) is 0.512. The highest BCUT2D eigenvalue weighted by atomic mass is 35.5. The van der Waals surface area contributed by atoms with Gasteiger partial charge in [0.05, 0.1) is 23.7 Å². The molecule has 0 aliphatic heterocycles. The Labute approximate surface area is 132 Å². The third-order valence-electron chi connectivity index (χ3n) is 3.17. The predicted molar refractivity (Wildman–Crippen MR) is 83.3 cm³/mol. The standard InChI is InChI=1S/C16H14ClN3O2/c17-13-3-5-14(6-4-13)20-11-12(10-19-20)16(21)18-8-7-15-2-1-9-22-15/h1-6,9-11H,7-8H2,(H,18,21). The number of carbonyl (C=O) groups is 1. The fraction of sp³-hybridized carbons (Fsp3) is 0.125. The van der Waals surface area contributed by atoms with Gasteiger partial charge in [0.2, 0.25) is 0 Å². The largest absolute Gasteiger partial charge is 0.469 e. The third kappa shape index (κ3) is 3.38. The number of furan rings is 1. The molecule has 0 spiro atoms. The molecule has 0 aliphatic rings. The van der Waals surface area contributed by atoms with E-state index in [1.807, 2.05) is 24.3 Å². The van der Waals surface area contributed by atoms with Gasteiger partial charge in [0.1, 0.15) is 5.76 Å². The first-order chi connectivity index (χ1) is 10.7. The Morgan fingerprint density at radius 2 is 2.09 bits per heavy atom. The van der Waals surface area contributed by atoms with Gasteiger partial charge in [-0.15, -0.1) is 0 Å². The molecule has 3 aromatic rings. The maximum atomic E-state index is 12.1. The van der Waals surface area contributed by atoms with Gasteiger partial charge in [-0.3, -0.25) is 4.79 Å². The third-order valence-corrected chi connectivity index (χ3v) is 3.42. The molecule has 0 saturated carbocycles. The number of rotatable bonds is 5. The van der Waals surface area contributed by atoms with Crippen LogP contribution in [0.2, 0.25) is 5.02 Å². The lowest BCUT2D eigenvalue weighted by Crippen LogP contribution is -2.25. The highest BCUT2D eigenvalue weighted by Crippen LogP contribution is 2.13. The van der Waals surface area contributed by atoms with E-state index >= 15 is 0 Å². The van der Waals surface area contributed by atoms with Gasteiger partial charge in [0, 0.05) is 24.2 Å². The summed E-state index contributed by atoms with van der Waals surface area (Å²) in [5, 5.41) is 7.69. The van der Waals surface area contributed by atoms with Crippen molar-refractivity contribution in [2.45, 2.75) is 6.42 Å². The molecule has 1 aromatic carbocycles. The molecule has 0 atom stereocenters. The minimum absolute atomic E-state index is 0.160. The average molecular weight is 316 g/mol. The molecule has 1 amide bonds. The number of aromatic nitrogens is 2. The summed E-state index contributed by atoms with van der Waals surface area (Å²) in [6, 6.07) is 10.9. The predicted octanol–water partition coefficient (Wildman–Crippen LogP) is 3.09. The monoisotopic (exact) mass is 315 g/mol. The lowest BCUT2D eigenvalue weighted by atomic mass is 10.3. The van der Waals surface area contributed by atoms with Crippen molar-refractivity contribution in [2.75, 3.05) is 6.54 Å². The highest BCUT2D eigenvalue weighted by Gasteiger charge is 2.09. The number of halogens is 1. The van der Waals surface area contributed by atoms with E-state index in [2.05, 4.69) is 10.4 Å². The van der Waals surface area contributed by atoms with E-state index in [0.717, 1.165) is 11.4 Å². The van der Waals surface area contributed by atoms with Gasteiger partial charge in [0.15, 0.2) is 0 Å². The molecule has 22 heavy (non-hydrogen) atoms. The van der Waals surface area contributed by atoms with E-state index in [0.29, 0.717) is 23.6 Å². The molecule has 2 heterocycles. The Kier molecular flexibility index (Phi) is 4.25. The van der Waals surface area contributed by atoms with Crippen LogP contribution in [0.15, 0.2) is 59.5 Å². The molecule has 6 heteroatoms. The van der Waals surface area contributed by atoms with Crippen molar-refractivity contribution in [2.24, 2.45) is 0 Å². The van der Waals surface area contributed by atoms with Gasteiger partial charge in [-0.25, -0.2) is 4.68 Å². The zero-order valence-electron chi connectivity index (χ0n) is 11.7. The van der Waals surface area contributed by atoms with Crippen LogP contribution < -0.4 is 5.32 Å². The summed E-state index contributed by atoms with van der Waals surface area (Å²) < 4.78 is 6.85. The van der Waals surface area contributed by atoms with Crippen LogP contribution in [0.3, 0.4) is 0 Å². The van der Waals surface area contributed by atoms with E-state index in [1.165, 1.54) is 6.20 Å². The Morgan fingerprint density at radius 3 is 2.82 bits per heavy atom. The van der Waals surface area contributed by atoms with Crippen LogP contribution in [0.1, 0.15) is 16.1 Å². The first-order valence-electron chi connectivity index (χ1n) is 6.83. The van der Waals surface area contributed by atoms with Crippen LogP contribution in [0.25, 0.3) is 5.69 Å². The zero-order valence-corrected chi connectivity index (χ0v) is 12.5. The average Bonchev–Trinajstić information content (AvgIpc) is 3.19. The van der Waals surface area contributed by atoms with E-state index in [4.69, 9.17) is 16.0 Å². The Morgan fingerprint density at radius 1 is 1.27 bits per heavy atom. The molecule has 2 aromatic heterocycles. The van der Waals surface area contributed by atoms with E-state index in [1.54, 1.807) is 29.3 Å². The van der Waals surface area contributed by atoms with Gasteiger partial charge in [-0.2, -0.15) is 5.10 Å². The summed E-state index contributed by atoms with van der Waals surface area (Å²) in [5.74, 6) is 0.684. The summed E-state index contributed by atoms with van der Waals surface area (Å²) in [6.07, 6.45) is 5.50. The minimum Gasteiger partial charge on any atom is -0.469 e. The van der Waals surface area contributed by atoms with Crippen molar-refractivity contribution in [3.8, 4) is 5.69 Å². The van der Waals surface area contributed by atoms with Crippen molar-refractivity contribution in [3.63, 3.8) is 0 Å².